The second-order valence-corrected chi connectivity index (χ2v) is 8.32. The molecule has 164 valence electrons. The number of carbonyl (C=O) groups excluding carboxylic acids is 1. The van der Waals surface area contributed by atoms with Gasteiger partial charge in [0.05, 0.1) is 0 Å². The van der Waals surface area contributed by atoms with E-state index in [1.165, 1.54) is 39.2 Å². The van der Waals surface area contributed by atoms with Crippen molar-refractivity contribution in [2.45, 2.75) is 76.7 Å². The highest BCUT2D eigenvalue weighted by molar-refractivity contribution is 5.95. The smallest absolute Gasteiger partial charge is 0.283 e. The van der Waals surface area contributed by atoms with Gasteiger partial charge in [0.15, 0.2) is 0 Å². The van der Waals surface area contributed by atoms with Crippen LogP contribution in [0.5, 0.6) is 0 Å². The maximum absolute atomic E-state index is 14.3. The van der Waals surface area contributed by atoms with Crippen LogP contribution in [0, 0.1) is 11.9 Å². The predicted molar refractivity (Wildman–Crippen MR) is 103 cm³/mol. The number of alkyl halides is 2. The van der Waals surface area contributed by atoms with E-state index in [0.717, 1.165) is 38.2 Å². The Labute approximate surface area is 170 Å². The lowest BCUT2D eigenvalue weighted by atomic mass is 9.87. The molecule has 8 heteroatoms. The highest BCUT2D eigenvalue weighted by atomic mass is 19.3. The van der Waals surface area contributed by atoms with Crippen molar-refractivity contribution in [3.05, 3.63) is 17.2 Å². The van der Waals surface area contributed by atoms with E-state index < -0.39 is 29.5 Å². The molecule has 29 heavy (non-hydrogen) atoms. The zero-order valence-electron chi connectivity index (χ0n) is 17.2. The van der Waals surface area contributed by atoms with Crippen LogP contribution < -0.4 is 0 Å². The molecule has 3 rings (SSSR count). The van der Waals surface area contributed by atoms with Crippen LogP contribution in [0.3, 0.4) is 0 Å². The lowest BCUT2D eigenvalue weighted by Crippen LogP contribution is -2.44. The van der Waals surface area contributed by atoms with Gasteiger partial charge in [0, 0.05) is 32.8 Å². The number of aryl methyl sites for hydroxylation is 1. The van der Waals surface area contributed by atoms with E-state index in [1.54, 1.807) is 4.90 Å². The van der Waals surface area contributed by atoms with E-state index in [0.29, 0.717) is 24.3 Å². The molecule has 0 bridgehead atoms. The Morgan fingerprint density at radius 3 is 2.52 bits per heavy atom. The average molecular weight is 416 g/mol. The van der Waals surface area contributed by atoms with Gasteiger partial charge in [-0.3, -0.25) is 4.79 Å². The van der Waals surface area contributed by atoms with Crippen LogP contribution in [-0.4, -0.2) is 46.4 Å². The maximum Gasteiger partial charge on any atom is 0.283 e. The highest BCUT2D eigenvalue weighted by Gasteiger charge is 2.35. The summed E-state index contributed by atoms with van der Waals surface area (Å²) >= 11 is 0. The summed E-state index contributed by atoms with van der Waals surface area (Å²) in [5, 5.41) is 3.50. The van der Waals surface area contributed by atoms with Crippen LogP contribution in [0.2, 0.25) is 0 Å². The van der Waals surface area contributed by atoms with Crippen molar-refractivity contribution in [3.63, 3.8) is 0 Å². The molecule has 0 N–H and O–H groups in total. The summed E-state index contributed by atoms with van der Waals surface area (Å²) in [6.07, 6.45) is 7.81. The van der Waals surface area contributed by atoms with E-state index in [9.17, 15) is 18.0 Å². The Morgan fingerprint density at radius 1 is 1.10 bits per heavy atom. The fourth-order valence-corrected chi connectivity index (χ4v) is 4.63. The first-order valence-electron chi connectivity index (χ1n) is 10.9. The van der Waals surface area contributed by atoms with Crippen LogP contribution in [0.1, 0.15) is 86.7 Å². The molecule has 2 heterocycles. The third kappa shape index (κ3) is 5.53. The lowest BCUT2D eigenvalue weighted by Gasteiger charge is -2.36. The number of hydrogen-bond donors (Lipinski definition) is 0. The molecule has 1 aliphatic carbocycles. The van der Waals surface area contributed by atoms with Crippen molar-refractivity contribution in [3.8, 4) is 0 Å². The normalized spacial score (nSPS) is 21.1. The van der Waals surface area contributed by atoms with Crippen molar-refractivity contribution >= 4 is 5.91 Å². The molecular weight excluding hydrogens is 383 g/mol. The number of hydrogen-bond acceptors (Lipinski definition) is 3. The number of halogens is 3. The Balaban J connectivity index is 1.54. The maximum atomic E-state index is 14.3. The molecule has 2 aliphatic rings. The number of piperidine rings is 1. The predicted octanol–water partition coefficient (Wildman–Crippen LogP) is 4.87. The Morgan fingerprint density at radius 2 is 1.79 bits per heavy atom. The van der Waals surface area contributed by atoms with Gasteiger partial charge >= 0.3 is 0 Å². The minimum atomic E-state index is -2.99. The summed E-state index contributed by atoms with van der Waals surface area (Å²) in [7, 11) is 1.23. The second-order valence-electron chi connectivity index (χ2n) is 8.32. The largest absolute Gasteiger partial charge is 0.381 e. The van der Waals surface area contributed by atoms with Gasteiger partial charge in [0.1, 0.15) is 11.3 Å². The van der Waals surface area contributed by atoms with Crippen LogP contribution in [0.4, 0.5) is 13.2 Å². The van der Waals surface area contributed by atoms with E-state index in [1.807, 2.05) is 0 Å². The fraction of sp³-hybridized carbons (Fsp3) is 0.810. The number of carbonyl (C=O) groups is 1. The highest BCUT2D eigenvalue weighted by Crippen LogP contribution is 2.29. The van der Waals surface area contributed by atoms with E-state index in [2.05, 4.69) is 5.10 Å². The van der Waals surface area contributed by atoms with Crippen LogP contribution >= 0.6 is 0 Å². The number of ether oxygens (including phenoxy) is 1. The Bertz CT molecular complexity index is 674. The van der Waals surface area contributed by atoms with Crippen molar-refractivity contribution in [2.24, 2.45) is 13.0 Å². The van der Waals surface area contributed by atoms with Crippen LogP contribution in [-0.2, 0) is 11.8 Å². The fourth-order valence-electron chi connectivity index (χ4n) is 4.63. The first-order valence-corrected chi connectivity index (χ1v) is 10.9. The number of amides is 1. The molecule has 0 spiro atoms. The number of nitrogens with zero attached hydrogens (tertiary/aromatic N) is 3. The SMILES string of the molecule is Cn1nc(C(F)F)c(C(=O)N2CCCCC2CCOCCC2CCCCC2)c1F. The zero-order valence-corrected chi connectivity index (χ0v) is 17.2. The third-order valence-corrected chi connectivity index (χ3v) is 6.30. The monoisotopic (exact) mass is 415 g/mol. The van der Waals surface area contributed by atoms with Crippen molar-refractivity contribution in [2.75, 3.05) is 19.8 Å². The minimum absolute atomic E-state index is 0.115. The minimum Gasteiger partial charge on any atom is -0.381 e. The number of aromatic nitrogens is 2. The van der Waals surface area contributed by atoms with E-state index >= 15 is 0 Å². The molecular formula is C21H32F3N3O2. The van der Waals surface area contributed by atoms with Gasteiger partial charge in [0.2, 0.25) is 5.95 Å². The van der Waals surface area contributed by atoms with Gasteiger partial charge in [-0.05, 0) is 38.0 Å². The zero-order chi connectivity index (χ0) is 20.8. The number of likely N-dealkylation sites (tertiary alicyclic amines) is 1. The summed E-state index contributed by atoms with van der Waals surface area (Å²) in [5.74, 6) is -0.922. The molecule has 1 aromatic rings. The van der Waals surface area contributed by atoms with Crippen LogP contribution in [0.25, 0.3) is 0 Å². The Kier molecular flexibility index (Phi) is 7.98. The molecule has 0 radical (unpaired) electrons. The van der Waals surface area contributed by atoms with E-state index in [-0.39, 0.29) is 6.04 Å². The van der Waals surface area contributed by atoms with Gasteiger partial charge in [-0.25, -0.2) is 13.5 Å². The molecule has 1 atom stereocenters. The van der Waals surface area contributed by atoms with Gasteiger partial charge in [0.25, 0.3) is 12.3 Å². The van der Waals surface area contributed by atoms with E-state index in [4.69, 9.17) is 4.74 Å². The molecule has 1 saturated carbocycles. The standard InChI is InChI=1S/C21H32F3N3O2/c1-26-20(24)17(18(25-26)19(22)23)21(28)27-12-6-5-9-16(27)11-14-29-13-10-15-7-3-2-4-8-15/h15-16,19H,2-14H2,1H3. The van der Waals surface area contributed by atoms with Crippen molar-refractivity contribution < 1.29 is 22.7 Å². The van der Waals surface area contributed by atoms with Crippen molar-refractivity contribution in [1.82, 2.24) is 14.7 Å². The van der Waals surface area contributed by atoms with Gasteiger partial charge in [-0.15, -0.1) is 0 Å². The molecule has 2 fully saturated rings. The molecule has 1 aliphatic heterocycles. The summed E-state index contributed by atoms with van der Waals surface area (Å²) in [6, 6.07) is -0.115. The molecule has 5 nitrogen and oxygen atoms in total. The molecule has 1 amide bonds. The summed E-state index contributed by atoms with van der Waals surface area (Å²) in [6.45, 7) is 1.69. The Hall–Kier alpha value is -1.57. The van der Waals surface area contributed by atoms with Crippen LogP contribution in [0.15, 0.2) is 0 Å². The van der Waals surface area contributed by atoms with Crippen molar-refractivity contribution in [1.29, 1.82) is 0 Å². The summed E-state index contributed by atoms with van der Waals surface area (Å²) < 4.78 is 47.4. The molecule has 1 aromatic heterocycles. The summed E-state index contributed by atoms with van der Waals surface area (Å²) in [5.41, 5.74) is -1.37. The quantitative estimate of drug-likeness (QED) is 0.569. The average Bonchev–Trinajstić information content (AvgIpc) is 3.03. The molecule has 1 unspecified atom stereocenters. The van der Waals surface area contributed by atoms with Gasteiger partial charge < -0.3 is 9.64 Å². The summed E-state index contributed by atoms with van der Waals surface area (Å²) in [4.78, 5) is 14.5. The topological polar surface area (TPSA) is 47.4 Å². The third-order valence-electron chi connectivity index (χ3n) is 6.30. The first-order chi connectivity index (χ1) is 14.0. The number of rotatable bonds is 8. The lowest BCUT2D eigenvalue weighted by molar-refractivity contribution is 0.0484. The molecule has 0 aromatic carbocycles. The van der Waals surface area contributed by atoms with Gasteiger partial charge in [-0.2, -0.15) is 9.49 Å². The van der Waals surface area contributed by atoms with Gasteiger partial charge in [-0.1, -0.05) is 32.1 Å². The first kappa shape index (κ1) is 22.1. The second kappa shape index (κ2) is 10.5. The molecule has 1 saturated heterocycles.